The third kappa shape index (κ3) is 1.97. The maximum absolute atomic E-state index is 12.0. The van der Waals surface area contributed by atoms with Gasteiger partial charge in [0.1, 0.15) is 5.75 Å². The fraction of sp³-hybridized carbons (Fsp3) is 0.385. The number of benzene rings is 1. The maximum Gasteiger partial charge on any atom is 0.267 e. The first-order valence-electron chi connectivity index (χ1n) is 5.90. The maximum atomic E-state index is 12.0. The largest absolute Gasteiger partial charge is 0.478 e. The summed E-state index contributed by atoms with van der Waals surface area (Å²) in [5.74, 6) is 0.371. The predicted octanol–water partition coefficient (Wildman–Crippen LogP) is 0.962. The van der Waals surface area contributed by atoms with Gasteiger partial charge in [-0.1, -0.05) is 6.92 Å². The van der Waals surface area contributed by atoms with Gasteiger partial charge in [0, 0.05) is 12.6 Å². The van der Waals surface area contributed by atoms with Crippen LogP contribution in [0.15, 0.2) is 18.2 Å². The second kappa shape index (κ2) is 4.78. The Morgan fingerprint density at radius 3 is 2.83 bits per heavy atom. The predicted molar refractivity (Wildman–Crippen MR) is 67.9 cm³/mol. The Bertz CT molecular complexity index is 499. The highest BCUT2D eigenvalue weighted by molar-refractivity contribution is 6.03. The molecule has 0 bridgehead atoms. The number of carbonyl (C=O) groups is 2. The topological polar surface area (TPSA) is 72.6 Å². The number of hydrogen-bond donors (Lipinski definition) is 1. The van der Waals surface area contributed by atoms with Gasteiger partial charge in [0.15, 0.2) is 11.9 Å². The molecule has 1 unspecified atom stereocenters. The minimum Gasteiger partial charge on any atom is -0.478 e. The van der Waals surface area contributed by atoms with E-state index in [9.17, 15) is 9.59 Å². The van der Waals surface area contributed by atoms with Crippen molar-refractivity contribution >= 4 is 17.4 Å². The summed E-state index contributed by atoms with van der Waals surface area (Å²) in [6.07, 6.45) is 0.171. The molecule has 5 heteroatoms. The zero-order chi connectivity index (χ0) is 13.3. The number of Topliss-reactive ketones (excluding diaryl/α,β-unsaturated/α-hetero) is 1. The summed E-state index contributed by atoms with van der Waals surface area (Å²) in [6.45, 7) is 1.85. The summed E-state index contributed by atoms with van der Waals surface area (Å²) in [6, 6.07) is 5.03. The Kier molecular flexibility index (Phi) is 3.34. The van der Waals surface area contributed by atoms with Crippen molar-refractivity contribution < 1.29 is 14.3 Å². The van der Waals surface area contributed by atoms with Crippen molar-refractivity contribution in [2.24, 2.45) is 5.73 Å². The lowest BCUT2D eigenvalue weighted by Gasteiger charge is -2.31. The number of anilines is 1. The minimum atomic E-state index is -0.446. The van der Waals surface area contributed by atoms with E-state index in [-0.39, 0.29) is 18.2 Å². The van der Waals surface area contributed by atoms with Gasteiger partial charge < -0.3 is 15.4 Å². The lowest BCUT2D eigenvalue weighted by molar-refractivity contribution is -0.126. The summed E-state index contributed by atoms with van der Waals surface area (Å²) in [4.78, 5) is 25.0. The highest BCUT2D eigenvalue weighted by Crippen LogP contribution is 2.34. The van der Waals surface area contributed by atoms with E-state index >= 15 is 0 Å². The molecule has 0 saturated heterocycles. The molecular formula is C13H16N2O3. The van der Waals surface area contributed by atoms with Gasteiger partial charge in [-0.15, -0.1) is 0 Å². The van der Waals surface area contributed by atoms with Gasteiger partial charge in [0.2, 0.25) is 0 Å². The molecule has 5 nitrogen and oxygen atoms in total. The van der Waals surface area contributed by atoms with Crippen molar-refractivity contribution in [3.63, 3.8) is 0 Å². The second-order valence-corrected chi connectivity index (χ2v) is 4.22. The Balaban J connectivity index is 2.42. The van der Waals surface area contributed by atoms with E-state index in [1.807, 2.05) is 6.92 Å². The zero-order valence-electron chi connectivity index (χ0n) is 10.5. The first kappa shape index (κ1) is 12.6. The summed E-state index contributed by atoms with van der Waals surface area (Å²) >= 11 is 0. The molecule has 0 spiro atoms. The van der Waals surface area contributed by atoms with Crippen LogP contribution in [0.2, 0.25) is 0 Å². The van der Waals surface area contributed by atoms with Gasteiger partial charge in [0.05, 0.1) is 12.2 Å². The Labute approximate surface area is 106 Å². The second-order valence-electron chi connectivity index (χ2n) is 4.22. The lowest BCUT2D eigenvalue weighted by atomic mass is 10.1. The monoisotopic (exact) mass is 248 g/mol. The standard InChI is InChI=1S/C13H16N2O3/c1-3-11-13(17)15(2)9-6-8(10(16)7-14)4-5-12(9)18-11/h4-6,11H,3,7,14H2,1-2H3. The van der Waals surface area contributed by atoms with Crippen molar-refractivity contribution in [2.45, 2.75) is 19.4 Å². The Morgan fingerprint density at radius 2 is 2.22 bits per heavy atom. The number of ketones is 1. The zero-order valence-corrected chi connectivity index (χ0v) is 10.5. The van der Waals surface area contributed by atoms with Gasteiger partial charge in [-0.3, -0.25) is 9.59 Å². The number of rotatable bonds is 3. The van der Waals surface area contributed by atoms with E-state index < -0.39 is 6.10 Å². The van der Waals surface area contributed by atoms with Crippen molar-refractivity contribution in [3.05, 3.63) is 23.8 Å². The van der Waals surface area contributed by atoms with Crippen molar-refractivity contribution in [1.82, 2.24) is 0 Å². The lowest BCUT2D eigenvalue weighted by Crippen LogP contribution is -2.43. The third-order valence-electron chi connectivity index (χ3n) is 3.07. The smallest absolute Gasteiger partial charge is 0.267 e. The van der Waals surface area contributed by atoms with E-state index in [0.717, 1.165) is 0 Å². The minimum absolute atomic E-state index is 0.0467. The summed E-state index contributed by atoms with van der Waals surface area (Å²) in [5, 5.41) is 0. The molecule has 96 valence electrons. The van der Waals surface area contributed by atoms with Gasteiger partial charge in [0.25, 0.3) is 5.91 Å². The van der Waals surface area contributed by atoms with E-state index in [2.05, 4.69) is 0 Å². The Hall–Kier alpha value is -1.88. The molecular weight excluding hydrogens is 232 g/mol. The van der Waals surface area contributed by atoms with Crippen LogP contribution in [0.4, 0.5) is 5.69 Å². The third-order valence-corrected chi connectivity index (χ3v) is 3.07. The highest BCUT2D eigenvalue weighted by Gasteiger charge is 2.31. The molecule has 18 heavy (non-hydrogen) atoms. The number of nitrogens with zero attached hydrogens (tertiary/aromatic N) is 1. The molecule has 1 aromatic rings. The molecule has 0 radical (unpaired) electrons. The number of likely N-dealkylation sites (N-methyl/N-ethyl adjacent to an activating group) is 1. The van der Waals surface area contributed by atoms with Crippen molar-refractivity contribution in [2.75, 3.05) is 18.5 Å². The summed E-state index contributed by atoms with van der Waals surface area (Å²) < 4.78 is 5.60. The first-order chi connectivity index (χ1) is 8.58. The molecule has 2 rings (SSSR count). The van der Waals surface area contributed by atoms with E-state index in [1.54, 1.807) is 25.2 Å². The number of amides is 1. The van der Waals surface area contributed by atoms with Crippen molar-refractivity contribution in [3.8, 4) is 5.75 Å². The molecule has 2 N–H and O–H groups in total. The van der Waals surface area contributed by atoms with Crippen LogP contribution in [0.3, 0.4) is 0 Å². The average Bonchev–Trinajstić information content (AvgIpc) is 2.41. The number of ether oxygens (including phenoxy) is 1. The molecule has 0 aliphatic carbocycles. The molecule has 1 aromatic carbocycles. The average molecular weight is 248 g/mol. The van der Waals surface area contributed by atoms with Crippen LogP contribution in [-0.2, 0) is 4.79 Å². The van der Waals surface area contributed by atoms with E-state index in [4.69, 9.17) is 10.5 Å². The van der Waals surface area contributed by atoms with Crippen molar-refractivity contribution in [1.29, 1.82) is 0 Å². The fourth-order valence-corrected chi connectivity index (χ4v) is 1.97. The van der Waals surface area contributed by atoms with Crippen LogP contribution in [0.5, 0.6) is 5.75 Å². The SMILES string of the molecule is CCC1Oc2ccc(C(=O)CN)cc2N(C)C1=O. The molecule has 1 heterocycles. The van der Waals surface area contributed by atoms with Crippen LogP contribution in [-0.4, -0.2) is 31.4 Å². The van der Waals surface area contributed by atoms with Gasteiger partial charge in [-0.25, -0.2) is 0 Å². The quantitative estimate of drug-likeness (QED) is 0.809. The fourth-order valence-electron chi connectivity index (χ4n) is 1.97. The Morgan fingerprint density at radius 1 is 1.50 bits per heavy atom. The number of hydrogen-bond acceptors (Lipinski definition) is 4. The van der Waals surface area contributed by atoms with E-state index in [0.29, 0.717) is 23.4 Å². The molecule has 1 aliphatic rings. The molecule has 1 aliphatic heterocycles. The van der Waals surface area contributed by atoms with Crippen LogP contribution < -0.4 is 15.4 Å². The molecule has 0 aromatic heterocycles. The summed E-state index contributed by atoms with van der Waals surface area (Å²) in [5.41, 5.74) is 6.43. The van der Waals surface area contributed by atoms with Gasteiger partial charge >= 0.3 is 0 Å². The molecule has 1 atom stereocenters. The molecule has 0 saturated carbocycles. The van der Waals surface area contributed by atoms with Gasteiger partial charge in [-0.2, -0.15) is 0 Å². The molecule has 1 amide bonds. The van der Waals surface area contributed by atoms with Gasteiger partial charge in [-0.05, 0) is 24.6 Å². The number of carbonyl (C=O) groups excluding carboxylic acids is 2. The first-order valence-corrected chi connectivity index (χ1v) is 5.90. The van der Waals surface area contributed by atoms with Crippen LogP contribution in [0.25, 0.3) is 0 Å². The molecule has 0 fully saturated rings. The van der Waals surface area contributed by atoms with E-state index in [1.165, 1.54) is 4.90 Å². The van der Waals surface area contributed by atoms with Crippen LogP contribution >= 0.6 is 0 Å². The number of nitrogens with two attached hydrogens (primary N) is 1. The highest BCUT2D eigenvalue weighted by atomic mass is 16.5. The van der Waals surface area contributed by atoms with Crippen LogP contribution in [0, 0.1) is 0 Å². The van der Waals surface area contributed by atoms with Crippen LogP contribution in [0.1, 0.15) is 23.7 Å². The normalized spacial score (nSPS) is 18.3. The summed E-state index contributed by atoms with van der Waals surface area (Å²) in [7, 11) is 1.68. The number of fused-ring (bicyclic) bond motifs is 1.